The first kappa shape index (κ1) is 11.4. The zero-order valence-electron chi connectivity index (χ0n) is 8.97. The molecule has 1 aromatic carbocycles. The average molecular weight is 208 g/mol. The van der Waals surface area contributed by atoms with E-state index < -0.39 is 0 Å². The third-order valence-electron chi connectivity index (χ3n) is 2.12. The van der Waals surface area contributed by atoms with Crippen molar-refractivity contribution in [2.24, 2.45) is 10.9 Å². The lowest BCUT2D eigenvalue weighted by Gasteiger charge is -2.15. The lowest BCUT2D eigenvalue weighted by atomic mass is 10.2. The minimum Gasteiger partial charge on any atom is -0.482 e. The lowest BCUT2D eigenvalue weighted by Crippen LogP contribution is -2.33. The molecule has 0 aromatic heterocycles. The van der Waals surface area contributed by atoms with E-state index in [-0.39, 0.29) is 11.9 Å². The van der Waals surface area contributed by atoms with Crippen LogP contribution in [0.2, 0.25) is 0 Å². The Hall–Kier alpha value is -1.71. The van der Waals surface area contributed by atoms with Crippen LogP contribution in [0.4, 0.5) is 0 Å². The van der Waals surface area contributed by atoms with Gasteiger partial charge in [-0.05, 0) is 25.5 Å². The Morgan fingerprint density at radius 3 is 2.53 bits per heavy atom. The van der Waals surface area contributed by atoms with E-state index in [0.29, 0.717) is 6.42 Å². The van der Waals surface area contributed by atoms with Gasteiger partial charge in [0.2, 0.25) is 0 Å². The average Bonchev–Trinajstić information content (AvgIpc) is 2.27. The predicted octanol–water partition coefficient (Wildman–Crippen LogP) is 1.90. The van der Waals surface area contributed by atoms with Gasteiger partial charge in [-0.3, -0.25) is 0 Å². The first-order valence-electron chi connectivity index (χ1n) is 4.88. The van der Waals surface area contributed by atoms with E-state index in [1.165, 1.54) is 5.56 Å². The molecule has 0 bridgehead atoms. The van der Waals surface area contributed by atoms with Crippen molar-refractivity contribution in [3.05, 3.63) is 29.8 Å². The standard InChI is InChI=1S/C11H16N2O2/c1-3-10(11(12)13-14)15-9-6-4-8(2)5-7-9/h4-7,10,14H,3H2,1-2H3,(H2,12,13). The first-order valence-corrected chi connectivity index (χ1v) is 4.88. The summed E-state index contributed by atoms with van der Waals surface area (Å²) in [6.45, 7) is 3.92. The lowest BCUT2D eigenvalue weighted by molar-refractivity contribution is 0.246. The number of amidine groups is 1. The molecule has 0 fully saturated rings. The molecule has 1 unspecified atom stereocenters. The van der Waals surface area contributed by atoms with Crippen LogP contribution in [0.25, 0.3) is 0 Å². The molecule has 0 saturated carbocycles. The van der Waals surface area contributed by atoms with Crippen molar-refractivity contribution in [1.82, 2.24) is 0 Å². The fourth-order valence-electron chi connectivity index (χ4n) is 1.20. The minimum atomic E-state index is -0.377. The van der Waals surface area contributed by atoms with E-state index in [1.54, 1.807) is 0 Å². The van der Waals surface area contributed by atoms with Crippen molar-refractivity contribution in [3.8, 4) is 5.75 Å². The van der Waals surface area contributed by atoms with Crippen molar-refractivity contribution in [1.29, 1.82) is 0 Å². The molecule has 1 atom stereocenters. The van der Waals surface area contributed by atoms with Crippen molar-refractivity contribution in [2.45, 2.75) is 26.4 Å². The van der Waals surface area contributed by atoms with Gasteiger partial charge >= 0.3 is 0 Å². The quantitative estimate of drug-likeness (QED) is 0.343. The Morgan fingerprint density at radius 1 is 1.47 bits per heavy atom. The second kappa shape index (κ2) is 5.24. The van der Waals surface area contributed by atoms with Crippen molar-refractivity contribution in [2.75, 3.05) is 0 Å². The summed E-state index contributed by atoms with van der Waals surface area (Å²) >= 11 is 0. The largest absolute Gasteiger partial charge is 0.482 e. The molecular formula is C11H16N2O2. The SMILES string of the molecule is CCC(Oc1ccc(C)cc1)C(N)=NO. The van der Waals surface area contributed by atoms with Crippen molar-refractivity contribution in [3.63, 3.8) is 0 Å². The third-order valence-corrected chi connectivity index (χ3v) is 2.12. The molecule has 0 aliphatic rings. The number of benzene rings is 1. The van der Waals surface area contributed by atoms with Gasteiger partial charge in [0.05, 0.1) is 0 Å². The topological polar surface area (TPSA) is 67.8 Å². The van der Waals surface area contributed by atoms with Crippen LogP contribution in [0.1, 0.15) is 18.9 Å². The molecule has 3 N–H and O–H groups in total. The normalized spacial score (nSPS) is 13.6. The zero-order valence-corrected chi connectivity index (χ0v) is 8.97. The second-order valence-electron chi connectivity index (χ2n) is 3.35. The molecule has 0 spiro atoms. The molecule has 1 rings (SSSR count). The highest BCUT2D eigenvalue weighted by atomic mass is 16.5. The van der Waals surface area contributed by atoms with Crippen LogP contribution in [-0.4, -0.2) is 17.1 Å². The summed E-state index contributed by atoms with van der Waals surface area (Å²) in [5.41, 5.74) is 6.65. The Balaban J connectivity index is 2.71. The summed E-state index contributed by atoms with van der Waals surface area (Å²) in [4.78, 5) is 0. The number of ether oxygens (including phenoxy) is 1. The van der Waals surface area contributed by atoms with E-state index in [2.05, 4.69) is 5.16 Å². The van der Waals surface area contributed by atoms with Gasteiger partial charge in [-0.2, -0.15) is 0 Å². The number of nitrogens with two attached hydrogens (primary N) is 1. The van der Waals surface area contributed by atoms with Gasteiger partial charge < -0.3 is 15.7 Å². The van der Waals surface area contributed by atoms with Gasteiger partial charge in [-0.25, -0.2) is 0 Å². The molecule has 0 heterocycles. The van der Waals surface area contributed by atoms with E-state index in [9.17, 15) is 0 Å². The summed E-state index contributed by atoms with van der Waals surface area (Å²) in [6.07, 6.45) is 0.279. The Kier molecular flexibility index (Phi) is 3.97. The summed E-state index contributed by atoms with van der Waals surface area (Å²) in [6, 6.07) is 7.63. The second-order valence-corrected chi connectivity index (χ2v) is 3.35. The molecule has 82 valence electrons. The maximum atomic E-state index is 8.54. The zero-order chi connectivity index (χ0) is 11.3. The number of oxime groups is 1. The Morgan fingerprint density at radius 2 is 2.07 bits per heavy atom. The van der Waals surface area contributed by atoms with E-state index >= 15 is 0 Å². The number of hydrogen-bond acceptors (Lipinski definition) is 3. The van der Waals surface area contributed by atoms with Crippen LogP contribution in [0.5, 0.6) is 5.75 Å². The highest BCUT2D eigenvalue weighted by molar-refractivity contribution is 5.84. The van der Waals surface area contributed by atoms with Gasteiger partial charge in [-0.1, -0.05) is 29.8 Å². The molecule has 15 heavy (non-hydrogen) atoms. The van der Waals surface area contributed by atoms with Crippen LogP contribution in [0.15, 0.2) is 29.4 Å². The van der Waals surface area contributed by atoms with Crippen LogP contribution >= 0.6 is 0 Å². The van der Waals surface area contributed by atoms with E-state index in [0.717, 1.165) is 5.75 Å². The minimum absolute atomic E-state index is 0.0954. The van der Waals surface area contributed by atoms with Crippen molar-refractivity contribution < 1.29 is 9.94 Å². The Labute approximate surface area is 89.4 Å². The van der Waals surface area contributed by atoms with Crippen molar-refractivity contribution >= 4 is 5.84 Å². The van der Waals surface area contributed by atoms with Gasteiger partial charge in [-0.15, -0.1) is 0 Å². The Bertz CT molecular complexity index is 333. The molecule has 0 saturated heterocycles. The van der Waals surface area contributed by atoms with Gasteiger partial charge in [0.25, 0.3) is 0 Å². The van der Waals surface area contributed by atoms with Crippen LogP contribution in [-0.2, 0) is 0 Å². The number of hydrogen-bond donors (Lipinski definition) is 2. The van der Waals surface area contributed by atoms with Gasteiger partial charge in [0, 0.05) is 0 Å². The fraction of sp³-hybridized carbons (Fsp3) is 0.364. The summed E-state index contributed by atoms with van der Waals surface area (Å²) in [5, 5.41) is 11.5. The van der Waals surface area contributed by atoms with Gasteiger partial charge in [0.1, 0.15) is 5.75 Å². The molecule has 0 aliphatic heterocycles. The molecule has 0 amide bonds. The van der Waals surface area contributed by atoms with Crippen LogP contribution in [0, 0.1) is 6.92 Å². The van der Waals surface area contributed by atoms with Crippen LogP contribution < -0.4 is 10.5 Å². The highest BCUT2D eigenvalue weighted by Crippen LogP contribution is 2.14. The predicted molar refractivity (Wildman–Crippen MR) is 59.3 cm³/mol. The third kappa shape index (κ3) is 3.16. The maximum Gasteiger partial charge on any atom is 0.180 e. The van der Waals surface area contributed by atoms with Gasteiger partial charge in [0.15, 0.2) is 11.9 Å². The highest BCUT2D eigenvalue weighted by Gasteiger charge is 2.12. The van der Waals surface area contributed by atoms with Crippen LogP contribution in [0.3, 0.4) is 0 Å². The monoisotopic (exact) mass is 208 g/mol. The number of nitrogens with zero attached hydrogens (tertiary/aromatic N) is 1. The smallest absolute Gasteiger partial charge is 0.180 e. The van der Waals surface area contributed by atoms with E-state index in [1.807, 2.05) is 38.1 Å². The maximum absolute atomic E-state index is 8.54. The first-order chi connectivity index (χ1) is 7.17. The summed E-state index contributed by atoms with van der Waals surface area (Å²) in [5.74, 6) is 0.817. The number of rotatable bonds is 4. The molecule has 0 radical (unpaired) electrons. The molecular weight excluding hydrogens is 192 g/mol. The summed E-state index contributed by atoms with van der Waals surface area (Å²) < 4.78 is 5.56. The molecule has 4 heteroatoms. The molecule has 1 aromatic rings. The fourth-order valence-corrected chi connectivity index (χ4v) is 1.20. The molecule has 4 nitrogen and oxygen atoms in total. The number of aryl methyl sites for hydroxylation is 1. The molecule has 0 aliphatic carbocycles. The van der Waals surface area contributed by atoms with E-state index in [4.69, 9.17) is 15.7 Å². The summed E-state index contributed by atoms with van der Waals surface area (Å²) in [7, 11) is 0.